The van der Waals surface area contributed by atoms with E-state index in [0.29, 0.717) is 25.3 Å². The van der Waals surface area contributed by atoms with Crippen LogP contribution < -0.4 is 10.5 Å². The molecule has 5 rings (SSSR count). The van der Waals surface area contributed by atoms with Crippen LogP contribution in [0.2, 0.25) is 0 Å². The van der Waals surface area contributed by atoms with Crippen molar-refractivity contribution < 1.29 is 27.5 Å². The van der Waals surface area contributed by atoms with Gasteiger partial charge in [0.05, 0.1) is 23.0 Å². The van der Waals surface area contributed by atoms with Gasteiger partial charge in [-0.3, -0.25) is 14.5 Å². The van der Waals surface area contributed by atoms with Crippen LogP contribution in [0.25, 0.3) is 0 Å². The molecule has 4 aliphatic rings. The summed E-state index contributed by atoms with van der Waals surface area (Å²) in [5.74, 6) is -0.0758. The Hall–Kier alpha value is -3.21. The van der Waals surface area contributed by atoms with E-state index >= 15 is 0 Å². The summed E-state index contributed by atoms with van der Waals surface area (Å²) < 4.78 is 28.6. The molecule has 12 nitrogen and oxygen atoms in total. The number of piperazine rings is 1. The van der Waals surface area contributed by atoms with Gasteiger partial charge in [0, 0.05) is 25.2 Å². The van der Waals surface area contributed by atoms with Crippen molar-refractivity contribution in [2.24, 2.45) is 11.1 Å². The Morgan fingerprint density at radius 2 is 1.88 bits per heavy atom. The first-order valence-electron chi connectivity index (χ1n) is 13.6. The van der Waals surface area contributed by atoms with Gasteiger partial charge in [0.1, 0.15) is 17.7 Å². The molecule has 3 aliphatic heterocycles. The Kier molecular flexibility index (Phi) is 7.09. The summed E-state index contributed by atoms with van der Waals surface area (Å²) in [5, 5.41) is 17.6. The van der Waals surface area contributed by atoms with Crippen molar-refractivity contribution in [2.45, 2.75) is 93.7 Å². The lowest BCUT2D eigenvalue weighted by Gasteiger charge is -2.39. The van der Waals surface area contributed by atoms with Crippen LogP contribution in [0.3, 0.4) is 0 Å². The van der Waals surface area contributed by atoms with Gasteiger partial charge in [-0.15, -0.1) is 0 Å². The molecule has 3 heterocycles. The third-order valence-corrected chi connectivity index (χ3v) is 9.27. The highest BCUT2D eigenvalue weighted by molar-refractivity contribution is 7.89. The van der Waals surface area contributed by atoms with Crippen molar-refractivity contribution in [1.29, 1.82) is 5.26 Å². The molecule has 7 atom stereocenters. The van der Waals surface area contributed by atoms with E-state index in [9.17, 15) is 28.1 Å². The molecule has 0 aromatic heterocycles. The summed E-state index contributed by atoms with van der Waals surface area (Å²) in [5.41, 5.74) is 0.0311. The number of rotatable bonds is 7. The highest BCUT2D eigenvalue weighted by Gasteiger charge is 2.56. The first-order chi connectivity index (χ1) is 18.7. The van der Waals surface area contributed by atoms with Crippen molar-refractivity contribution in [3.8, 4) is 6.07 Å². The number of hydrogen-bond acceptors (Lipinski definition) is 8. The minimum Gasteiger partial charge on any atom is -0.444 e. The zero-order valence-corrected chi connectivity index (χ0v) is 23.9. The lowest BCUT2D eigenvalue weighted by molar-refractivity contribution is -0.141. The Labute approximate surface area is 234 Å². The van der Waals surface area contributed by atoms with Gasteiger partial charge in [-0.2, -0.15) is 5.26 Å². The molecule has 0 spiro atoms. The van der Waals surface area contributed by atoms with Crippen LogP contribution in [0.4, 0.5) is 4.79 Å². The van der Waals surface area contributed by atoms with Crippen molar-refractivity contribution in [1.82, 2.24) is 20.0 Å². The van der Waals surface area contributed by atoms with Crippen LogP contribution in [0.1, 0.15) is 58.6 Å². The van der Waals surface area contributed by atoms with E-state index < -0.39 is 39.8 Å². The van der Waals surface area contributed by atoms with Crippen LogP contribution >= 0.6 is 0 Å². The number of nitrogens with zero attached hydrogens (tertiary/aromatic N) is 4. The molecule has 13 heteroatoms. The van der Waals surface area contributed by atoms with Crippen LogP contribution in [0.5, 0.6) is 0 Å². The summed E-state index contributed by atoms with van der Waals surface area (Å²) in [6, 6.07) is 6.10. The number of fused-ring (bicyclic) bond motifs is 3. The number of nitriles is 1. The third kappa shape index (κ3) is 5.40. The number of primary sulfonamides is 1. The number of carbonyl (C=O) groups excluding carboxylic acids is 3. The molecule has 0 radical (unpaired) electrons. The molecule has 6 unspecified atom stereocenters. The molecule has 1 aromatic carbocycles. The van der Waals surface area contributed by atoms with Gasteiger partial charge in [0.2, 0.25) is 21.8 Å². The minimum absolute atomic E-state index is 0.00579. The Balaban J connectivity index is 1.30. The molecular weight excluding hydrogens is 536 g/mol. The summed E-state index contributed by atoms with van der Waals surface area (Å²) >= 11 is 0. The van der Waals surface area contributed by atoms with Crippen molar-refractivity contribution in [2.75, 3.05) is 13.1 Å². The van der Waals surface area contributed by atoms with E-state index in [2.05, 4.69) is 11.4 Å². The second-order valence-corrected chi connectivity index (χ2v) is 13.8. The van der Waals surface area contributed by atoms with Gasteiger partial charge in [0.15, 0.2) is 0 Å². The monoisotopic (exact) mass is 572 g/mol. The topological polar surface area (TPSA) is 166 Å². The summed E-state index contributed by atoms with van der Waals surface area (Å²) in [4.78, 5) is 45.3. The molecule has 4 fully saturated rings. The second-order valence-electron chi connectivity index (χ2n) is 12.3. The number of amides is 3. The van der Waals surface area contributed by atoms with Crippen LogP contribution in [-0.4, -0.2) is 89.9 Å². The van der Waals surface area contributed by atoms with Gasteiger partial charge in [-0.25, -0.2) is 18.4 Å². The van der Waals surface area contributed by atoms with E-state index in [-0.39, 0.29) is 41.4 Å². The highest BCUT2D eigenvalue weighted by Crippen LogP contribution is 2.48. The SMILES string of the molecule is CC(c1ccc(S(N)(=O)=O)cc1)N1C(=O)C2C[C@H]1CN2CC(NC(=O)OC(C)(C)C)C(=O)N1C(C#N)CC2CC21. The third-order valence-electron chi connectivity index (χ3n) is 8.34. The maximum Gasteiger partial charge on any atom is 0.408 e. The smallest absolute Gasteiger partial charge is 0.408 e. The first kappa shape index (κ1) is 28.3. The summed E-state index contributed by atoms with van der Waals surface area (Å²) in [6.07, 6.45) is 1.37. The lowest BCUT2D eigenvalue weighted by atomic mass is 10.1. The van der Waals surface area contributed by atoms with E-state index in [4.69, 9.17) is 9.88 Å². The van der Waals surface area contributed by atoms with Gasteiger partial charge in [0.25, 0.3) is 0 Å². The molecule has 2 bridgehead atoms. The standard InChI is InChI=1S/C27H36N6O6S/c1-15(16-5-7-20(8-6-16)40(29,37)38)32-19-11-23(25(32)35)31(13-19)14-21(30-26(36)39-27(2,3)4)24(34)33-18(12-28)9-17-10-22(17)33/h5-8,15,17-19,21-23H,9-11,13-14H2,1-4H3,(H,30,36)(H2,29,37,38)/t15?,17?,18?,19-,21?,22?,23?/m0/s1. The largest absolute Gasteiger partial charge is 0.444 e. The molecule has 3 amide bonds. The second kappa shape index (κ2) is 10.0. The number of hydrogen-bond donors (Lipinski definition) is 2. The fourth-order valence-electron chi connectivity index (χ4n) is 6.43. The number of nitrogens with two attached hydrogens (primary N) is 1. The fraction of sp³-hybridized carbons (Fsp3) is 0.630. The maximum absolute atomic E-state index is 13.7. The normalized spacial score (nSPS) is 29.1. The van der Waals surface area contributed by atoms with E-state index in [1.165, 1.54) is 12.1 Å². The summed E-state index contributed by atoms with van der Waals surface area (Å²) in [7, 11) is -3.82. The molecule has 216 valence electrons. The summed E-state index contributed by atoms with van der Waals surface area (Å²) in [6.45, 7) is 7.75. The van der Waals surface area contributed by atoms with Gasteiger partial charge >= 0.3 is 6.09 Å². The number of benzene rings is 1. The zero-order chi connectivity index (χ0) is 29.1. The van der Waals surface area contributed by atoms with Gasteiger partial charge in [-0.1, -0.05) is 12.1 Å². The number of nitrogens with one attached hydrogen (secondary N) is 1. The quantitative estimate of drug-likeness (QED) is 0.490. The van der Waals surface area contributed by atoms with Crippen molar-refractivity contribution >= 4 is 27.9 Å². The predicted octanol–water partition coefficient (Wildman–Crippen LogP) is 1.09. The highest BCUT2D eigenvalue weighted by atomic mass is 32.2. The molecule has 1 aliphatic carbocycles. The zero-order valence-electron chi connectivity index (χ0n) is 23.1. The van der Waals surface area contributed by atoms with Crippen LogP contribution in [-0.2, 0) is 24.3 Å². The van der Waals surface area contributed by atoms with Crippen molar-refractivity contribution in [3.63, 3.8) is 0 Å². The van der Waals surface area contributed by atoms with E-state index in [0.717, 1.165) is 12.0 Å². The van der Waals surface area contributed by atoms with Gasteiger partial charge < -0.3 is 19.9 Å². The first-order valence-corrected chi connectivity index (χ1v) is 15.1. The van der Waals surface area contributed by atoms with Crippen molar-refractivity contribution in [3.05, 3.63) is 29.8 Å². The number of sulfonamides is 1. The number of ether oxygens (including phenoxy) is 1. The van der Waals surface area contributed by atoms with Gasteiger partial charge in [-0.05, 0) is 70.6 Å². The lowest BCUT2D eigenvalue weighted by Crippen LogP contribution is -2.59. The van der Waals surface area contributed by atoms with Crippen LogP contribution in [0.15, 0.2) is 29.2 Å². The Morgan fingerprint density at radius 3 is 2.45 bits per heavy atom. The fourth-order valence-corrected chi connectivity index (χ4v) is 6.95. The average Bonchev–Trinajstić information content (AvgIpc) is 3.18. The Bertz CT molecular complexity index is 1350. The molecule has 3 N–H and O–H groups in total. The van der Waals surface area contributed by atoms with Crippen LogP contribution in [0, 0.1) is 17.2 Å². The minimum atomic E-state index is -3.82. The molecule has 1 saturated carbocycles. The number of alkyl carbamates (subject to hydrolysis) is 1. The van der Waals surface area contributed by atoms with E-state index in [1.807, 2.05) is 16.7 Å². The number of piperidine rings is 1. The Morgan fingerprint density at radius 1 is 1.20 bits per heavy atom. The average molecular weight is 573 g/mol. The molecule has 1 aromatic rings. The molecule has 3 saturated heterocycles. The predicted molar refractivity (Wildman–Crippen MR) is 143 cm³/mol. The number of carbonyl (C=O) groups is 3. The molecule has 40 heavy (non-hydrogen) atoms. The van der Waals surface area contributed by atoms with E-state index in [1.54, 1.807) is 37.8 Å². The number of likely N-dealkylation sites (tertiary alicyclic amines) is 3. The molecular formula is C27H36N6O6S. The maximum atomic E-state index is 13.7.